The Labute approximate surface area is 107 Å². The highest BCUT2D eigenvalue weighted by atomic mass is 35.5. The molecule has 7 heteroatoms. The largest absolute Gasteiger partial charge is 0.493 e. The Bertz CT molecular complexity index is 360. The number of benzene rings is 1. The Morgan fingerprint density at radius 2 is 2.00 bits per heavy atom. The SMILES string of the molecule is COc1cccc(CCl)c1OCOCC(F)(F)F. The van der Waals surface area contributed by atoms with Crippen molar-refractivity contribution < 1.29 is 27.4 Å². The molecule has 0 aliphatic carbocycles. The van der Waals surface area contributed by atoms with Crippen LogP contribution in [-0.2, 0) is 10.6 Å². The average Bonchev–Trinajstić information content (AvgIpc) is 2.33. The summed E-state index contributed by atoms with van der Waals surface area (Å²) in [6.07, 6.45) is -4.38. The van der Waals surface area contributed by atoms with Gasteiger partial charge in [0.15, 0.2) is 18.3 Å². The molecule has 18 heavy (non-hydrogen) atoms. The molecule has 0 atom stereocenters. The first-order valence-corrected chi connectivity index (χ1v) is 5.50. The second-order valence-corrected chi connectivity index (χ2v) is 3.58. The van der Waals surface area contributed by atoms with E-state index >= 15 is 0 Å². The quantitative estimate of drug-likeness (QED) is 0.455. The van der Waals surface area contributed by atoms with E-state index < -0.39 is 19.6 Å². The van der Waals surface area contributed by atoms with Crippen LogP contribution in [-0.4, -0.2) is 26.7 Å². The molecule has 0 radical (unpaired) electrons. The highest BCUT2D eigenvalue weighted by molar-refractivity contribution is 6.17. The Kier molecular flexibility index (Phi) is 5.55. The number of alkyl halides is 4. The first-order chi connectivity index (χ1) is 8.48. The van der Waals surface area contributed by atoms with Crippen molar-refractivity contribution in [2.45, 2.75) is 12.1 Å². The van der Waals surface area contributed by atoms with E-state index in [4.69, 9.17) is 21.1 Å². The van der Waals surface area contributed by atoms with E-state index in [2.05, 4.69) is 4.74 Å². The van der Waals surface area contributed by atoms with E-state index in [1.54, 1.807) is 18.2 Å². The number of hydrogen-bond donors (Lipinski definition) is 0. The highest BCUT2D eigenvalue weighted by Gasteiger charge is 2.27. The summed E-state index contributed by atoms with van der Waals surface area (Å²) in [4.78, 5) is 0. The van der Waals surface area contributed by atoms with Crippen LogP contribution in [0.4, 0.5) is 13.2 Å². The van der Waals surface area contributed by atoms with E-state index in [1.165, 1.54) is 7.11 Å². The van der Waals surface area contributed by atoms with Gasteiger partial charge in [0.05, 0.1) is 13.0 Å². The van der Waals surface area contributed by atoms with Crippen LogP contribution >= 0.6 is 11.6 Å². The molecule has 0 aliphatic heterocycles. The summed E-state index contributed by atoms with van der Waals surface area (Å²) in [7, 11) is 1.43. The number of methoxy groups -OCH3 is 1. The molecule has 0 spiro atoms. The molecule has 0 fully saturated rings. The van der Waals surface area contributed by atoms with Gasteiger partial charge in [0.1, 0.15) is 6.61 Å². The van der Waals surface area contributed by atoms with Crippen LogP contribution in [0.2, 0.25) is 0 Å². The van der Waals surface area contributed by atoms with Crippen LogP contribution in [0.1, 0.15) is 5.56 Å². The number of hydrogen-bond acceptors (Lipinski definition) is 3. The van der Waals surface area contributed by atoms with Crippen molar-refractivity contribution in [1.29, 1.82) is 0 Å². The average molecular weight is 285 g/mol. The Morgan fingerprint density at radius 3 is 2.56 bits per heavy atom. The van der Waals surface area contributed by atoms with Crippen molar-refractivity contribution in [2.24, 2.45) is 0 Å². The van der Waals surface area contributed by atoms with Crippen LogP contribution in [0.15, 0.2) is 18.2 Å². The second-order valence-electron chi connectivity index (χ2n) is 3.31. The zero-order chi connectivity index (χ0) is 13.6. The molecular weight excluding hydrogens is 273 g/mol. The normalized spacial score (nSPS) is 11.4. The predicted octanol–water partition coefficient (Wildman–Crippen LogP) is 3.35. The van der Waals surface area contributed by atoms with Gasteiger partial charge in [-0.15, -0.1) is 11.6 Å². The van der Waals surface area contributed by atoms with Crippen LogP contribution in [0.5, 0.6) is 11.5 Å². The number of rotatable bonds is 6. The van der Waals surface area contributed by atoms with E-state index in [-0.39, 0.29) is 11.6 Å². The molecule has 1 aromatic rings. The van der Waals surface area contributed by atoms with E-state index in [0.29, 0.717) is 11.3 Å². The summed E-state index contributed by atoms with van der Waals surface area (Å²) < 4.78 is 50.0. The Morgan fingerprint density at radius 1 is 1.28 bits per heavy atom. The molecule has 0 N–H and O–H groups in total. The van der Waals surface area contributed by atoms with Gasteiger partial charge in [-0.05, 0) is 6.07 Å². The summed E-state index contributed by atoms with van der Waals surface area (Å²) >= 11 is 5.69. The van der Waals surface area contributed by atoms with Gasteiger partial charge in [0.2, 0.25) is 0 Å². The zero-order valence-electron chi connectivity index (χ0n) is 9.59. The molecule has 0 saturated heterocycles. The molecule has 0 saturated carbocycles. The molecule has 0 bridgehead atoms. The van der Waals surface area contributed by atoms with Crippen LogP contribution in [0.3, 0.4) is 0 Å². The zero-order valence-corrected chi connectivity index (χ0v) is 10.3. The maximum Gasteiger partial charge on any atom is 0.411 e. The lowest BCUT2D eigenvalue weighted by Crippen LogP contribution is -2.19. The maximum absolute atomic E-state index is 11.8. The molecule has 0 unspecified atom stereocenters. The number of para-hydroxylation sites is 1. The molecule has 0 aromatic heterocycles. The first-order valence-electron chi connectivity index (χ1n) is 4.97. The fraction of sp³-hybridized carbons (Fsp3) is 0.455. The van der Waals surface area contributed by atoms with Crippen molar-refractivity contribution in [1.82, 2.24) is 0 Å². The highest BCUT2D eigenvalue weighted by Crippen LogP contribution is 2.32. The third kappa shape index (κ3) is 4.62. The summed E-state index contributed by atoms with van der Waals surface area (Å²) in [5.74, 6) is 0.840. The molecule has 0 heterocycles. The predicted molar refractivity (Wildman–Crippen MR) is 60.1 cm³/mol. The fourth-order valence-corrected chi connectivity index (χ4v) is 1.46. The van der Waals surface area contributed by atoms with Crippen molar-refractivity contribution >= 4 is 11.6 Å². The van der Waals surface area contributed by atoms with Gasteiger partial charge >= 0.3 is 6.18 Å². The molecule has 1 rings (SSSR count). The van der Waals surface area contributed by atoms with Crippen LogP contribution in [0, 0.1) is 0 Å². The van der Waals surface area contributed by atoms with Gasteiger partial charge in [-0.2, -0.15) is 13.2 Å². The minimum atomic E-state index is -4.38. The van der Waals surface area contributed by atoms with Gasteiger partial charge in [0.25, 0.3) is 0 Å². The summed E-state index contributed by atoms with van der Waals surface area (Å²) in [5.41, 5.74) is 0.617. The van der Waals surface area contributed by atoms with Crippen molar-refractivity contribution in [3.8, 4) is 11.5 Å². The lowest BCUT2D eigenvalue weighted by molar-refractivity contribution is -0.186. The maximum atomic E-state index is 11.8. The van der Waals surface area contributed by atoms with Gasteiger partial charge < -0.3 is 14.2 Å². The summed E-state index contributed by atoms with van der Waals surface area (Å²) in [6, 6.07) is 5.02. The fourth-order valence-electron chi connectivity index (χ4n) is 1.25. The van der Waals surface area contributed by atoms with Crippen molar-refractivity contribution in [3.05, 3.63) is 23.8 Å². The third-order valence-corrected chi connectivity index (χ3v) is 2.26. The Hall–Kier alpha value is -1.14. The van der Waals surface area contributed by atoms with Gasteiger partial charge in [-0.25, -0.2) is 0 Å². The molecule has 1 aromatic carbocycles. The number of ether oxygens (including phenoxy) is 3. The summed E-state index contributed by atoms with van der Waals surface area (Å²) in [5, 5.41) is 0. The molecule has 3 nitrogen and oxygen atoms in total. The van der Waals surface area contributed by atoms with E-state index in [9.17, 15) is 13.2 Å². The van der Waals surface area contributed by atoms with Gasteiger partial charge in [0, 0.05) is 5.56 Å². The van der Waals surface area contributed by atoms with Crippen molar-refractivity contribution in [3.63, 3.8) is 0 Å². The Balaban J connectivity index is 2.60. The first kappa shape index (κ1) is 14.9. The summed E-state index contributed by atoms with van der Waals surface area (Å²) in [6.45, 7) is -1.89. The van der Waals surface area contributed by atoms with Crippen LogP contribution < -0.4 is 9.47 Å². The lowest BCUT2D eigenvalue weighted by atomic mass is 10.2. The molecule has 0 aliphatic rings. The topological polar surface area (TPSA) is 27.7 Å². The molecule has 102 valence electrons. The monoisotopic (exact) mass is 284 g/mol. The minimum Gasteiger partial charge on any atom is -0.493 e. The van der Waals surface area contributed by atoms with Gasteiger partial charge in [-0.1, -0.05) is 12.1 Å². The molecular formula is C11H12ClF3O3. The van der Waals surface area contributed by atoms with Crippen LogP contribution in [0.25, 0.3) is 0 Å². The second kappa shape index (κ2) is 6.70. The standard InChI is InChI=1S/C11H12ClF3O3/c1-16-9-4-2-3-8(5-12)10(9)18-7-17-6-11(13,14)15/h2-4H,5-7H2,1H3. The molecule has 0 amide bonds. The van der Waals surface area contributed by atoms with E-state index in [1.807, 2.05) is 0 Å². The van der Waals surface area contributed by atoms with Gasteiger partial charge in [-0.3, -0.25) is 0 Å². The van der Waals surface area contributed by atoms with Crippen molar-refractivity contribution in [2.75, 3.05) is 20.5 Å². The lowest BCUT2D eigenvalue weighted by Gasteiger charge is -2.14. The smallest absolute Gasteiger partial charge is 0.411 e. The minimum absolute atomic E-state index is 0.159. The van der Waals surface area contributed by atoms with E-state index in [0.717, 1.165) is 0 Å². The number of halogens is 4. The third-order valence-electron chi connectivity index (χ3n) is 1.98.